The number of rotatable bonds is 7. The Morgan fingerprint density at radius 2 is 2.04 bits per heavy atom. The largest absolute Gasteiger partial charge is 0.462 e. The highest BCUT2D eigenvalue weighted by atomic mass is 35.5. The number of carbonyl (C=O) groups is 2. The number of esters is 2. The van der Waals surface area contributed by atoms with Crippen LogP contribution in [0.4, 0.5) is 0 Å². The molecule has 2 rings (SSSR count). The van der Waals surface area contributed by atoms with Crippen LogP contribution in [0.25, 0.3) is 0 Å². The van der Waals surface area contributed by atoms with Crippen molar-refractivity contribution in [2.24, 2.45) is 11.8 Å². The van der Waals surface area contributed by atoms with Gasteiger partial charge in [-0.05, 0) is 5.92 Å². The number of hydrogen-bond donors (Lipinski definition) is 2. The predicted octanol–water partition coefficient (Wildman–Crippen LogP) is 1.11. The number of alkyl halides is 1. The van der Waals surface area contributed by atoms with Gasteiger partial charge in [0.1, 0.15) is 17.3 Å². The lowest BCUT2D eigenvalue weighted by Crippen LogP contribution is -2.58. The van der Waals surface area contributed by atoms with E-state index >= 15 is 0 Å². The molecule has 1 fully saturated rings. The second kappa shape index (κ2) is 8.34. The van der Waals surface area contributed by atoms with Crippen LogP contribution in [0, 0.1) is 11.8 Å². The molecule has 5 atom stereocenters. The number of fused-ring (bicyclic) bond motifs is 1. The summed E-state index contributed by atoms with van der Waals surface area (Å²) >= 11 is 6.02. The van der Waals surface area contributed by atoms with Crippen LogP contribution in [0.2, 0.25) is 0 Å². The van der Waals surface area contributed by atoms with E-state index in [9.17, 15) is 19.8 Å². The van der Waals surface area contributed by atoms with Gasteiger partial charge in [-0.25, -0.2) is 0 Å². The third-order valence-electron chi connectivity index (χ3n) is 4.92. The van der Waals surface area contributed by atoms with E-state index in [1.165, 1.54) is 20.3 Å². The Kier molecular flexibility index (Phi) is 6.78. The van der Waals surface area contributed by atoms with Crippen molar-refractivity contribution in [3.63, 3.8) is 0 Å². The van der Waals surface area contributed by atoms with Crippen molar-refractivity contribution >= 4 is 23.5 Å². The molecule has 0 aromatic carbocycles. The number of aliphatic hydroxyl groups is 2. The van der Waals surface area contributed by atoms with E-state index in [0.717, 1.165) is 0 Å². The molecule has 0 bridgehead atoms. The standard InChI is InChI=1S/C18H27ClO8/c1-10(2)5-14(21)27-16-15-17(22,12(7-24-4)8-25-16)6-13(26-11(3)20)18(15,23)9-19/h8,10,13,15-16,22-23H,5-7,9H2,1-4H3. The van der Waals surface area contributed by atoms with Crippen LogP contribution in [0.1, 0.15) is 33.6 Å². The van der Waals surface area contributed by atoms with Crippen LogP contribution >= 0.6 is 11.6 Å². The molecule has 2 N–H and O–H groups in total. The van der Waals surface area contributed by atoms with Gasteiger partial charge in [0, 0.05) is 32.4 Å². The summed E-state index contributed by atoms with van der Waals surface area (Å²) in [7, 11) is 1.44. The molecular weight excluding hydrogens is 380 g/mol. The second-order valence-corrected chi connectivity index (χ2v) is 7.76. The highest BCUT2D eigenvalue weighted by Crippen LogP contribution is 2.53. The van der Waals surface area contributed by atoms with Gasteiger partial charge in [-0.2, -0.15) is 0 Å². The topological polar surface area (TPSA) is 112 Å². The zero-order chi connectivity index (χ0) is 20.4. The SMILES string of the molecule is COCC1=COC(OC(=O)CC(C)C)C2C1(O)CC(OC(C)=O)C2(O)CCl. The normalized spacial score (nSPS) is 35.3. The summed E-state index contributed by atoms with van der Waals surface area (Å²) in [6.07, 6.45) is -1.11. The van der Waals surface area contributed by atoms with Gasteiger partial charge in [0.15, 0.2) is 0 Å². The quantitative estimate of drug-likeness (QED) is 0.478. The zero-order valence-electron chi connectivity index (χ0n) is 15.9. The molecule has 5 unspecified atom stereocenters. The van der Waals surface area contributed by atoms with E-state index in [4.69, 9.17) is 30.5 Å². The minimum atomic E-state index is -1.86. The lowest BCUT2D eigenvalue weighted by Gasteiger charge is -2.43. The minimum Gasteiger partial charge on any atom is -0.462 e. The summed E-state index contributed by atoms with van der Waals surface area (Å²) in [5.74, 6) is -2.62. The molecule has 1 heterocycles. The molecule has 2 aliphatic rings. The van der Waals surface area contributed by atoms with Gasteiger partial charge in [0.05, 0.1) is 24.7 Å². The molecule has 0 radical (unpaired) electrons. The molecule has 1 aliphatic carbocycles. The molecule has 8 nitrogen and oxygen atoms in total. The number of hydrogen-bond acceptors (Lipinski definition) is 8. The van der Waals surface area contributed by atoms with Gasteiger partial charge >= 0.3 is 11.9 Å². The first-order chi connectivity index (χ1) is 12.6. The molecule has 1 aliphatic heterocycles. The Hall–Kier alpha value is -1.35. The lowest BCUT2D eigenvalue weighted by molar-refractivity contribution is -0.228. The van der Waals surface area contributed by atoms with Gasteiger partial charge in [-0.15, -0.1) is 11.6 Å². The van der Waals surface area contributed by atoms with E-state index < -0.39 is 41.5 Å². The highest BCUT2D eigenvalue weighted by molar-refractivity contribution is 6.18. The fourth-order valence-electron chi connectivity index (χ4n) is 3.76. The summed E-state index contributed by atoms with van der Waals surface area (Å²) in [6, 6.07) is 0. The highest BCUT2D eigenvalue weighted by Gasteiger charge is 2.69. The summed E-state index contributed by atoms with van der Waals surface area (Å²) in [6.45, 7) is 4.93. The molecule has 154 valence electrons. The van der Waals surface area contributed by atoms with Crippen molar-refractivity contribution in [2.75, 3.05) is 19.6 Å². The van der Waals surface area contributed by atoms with E-state index in [1.54, 1.807) is 0 Å². The van der Waals surface area contributed by atoms with Crippen molar-refractivity contribution in [3.8, 4) is 0 Å². The van der Waals surface area contributed by atoms with Gasteiger partial charge in [0.2, 0.25) is 0 Å². The molecule has 27 heavy (non-hydrogen) atoms. The first kappa shape index (κ1) is 21.9. The monoisotopic (exact) mass is 406 g/mol. The molecule has 0 saturated heterocycles. The number of carbonyl (C=O) groups excluding carboxylic acids is 2. The Morgan fingerprint density at radius 1 is 1.37 bits per heavy atom. The zero-order valence-corrected chi connectivity index (χ0v) is 16.7. The van der Waals surface area contributed by atoms with Crippen molar-refractivity contribution < 1.29 is 38.7 Å². The number of halogens is 1. The van der Waals surface area contributed by atoms with Gasteiger partial charge in [-0.1, -0.05) is 13.8 Å². The van der Waals surface area contributed by atoms with Crippen LogP contribution < -0.4 is 0 Å². The minimum absolute atomic E-state index is 0.0187. The number of ether oxygens (including phenoxy) is 4. The fraction of sp³-hybridized carbons (Fsp3) is 0.778. The third kappa shape index (κ3) is 4.23. The lowest BCUT2D eigenvalue weighted by atomic mass is 9.77. The van der Waals surface area contributed by atoms with Crippen molar-refractivity contribution in [1.82, 2.24) is 0 Å². The molecule has 0 aromatic rings. The van der Waals surface area contributed by atoms with Crippen molar-refractivity contribution in [2.45, 2.75) is 57.2 Å². The summed E-state index contributed by atoms with van der Waals surface area (Å²) in [5.41, 5.74) is -3.21. The smallest absolute Gasteiger partial charge is 0.309 e. The summed E-state index contributed by atoms with van der Waals surface area (Å²) in [5, 5.41) is 22.6. The maximum Gasteiger partial charge on any atom is 0.309 e. The van der Waals surface area contributed by atoms with E-state index in [1.807, 2.05) is 13.8 Å². The maximum absolute atomic E-state index is 12.2. The summed E-state index contributed by atoms with van der Waals surface area (Å²) in [4.78, 5) is 23.6. The average Bonchev–Trinajstić information content (AvgIpc) is 2.78. The van der Waals surface area contributed by atoms with Crippen LogP contribution in [0.15, 0.2) is 11.8 Å². The van der Waals surface area contributed by atoms with E-state index in [2.05, 4.69) is 0 Å². The molecule has 1 saturated carbocycles. The number of methoxy groups -OCH3 is 1. The first-order valence-corrected chi connectivity index (χ1v) is 9.33. The fourth-order valence-corrected chi connectivity index (χ4v) is 4.09. The predicted molar refractivity (Wildman–Crippen MR) is 94.7 cm³/mol. The van der Waals surface area contributed by atoms with Gasteiger partial charge in [-0.3, -0.25) is 9.59 Å². The van der Waals surface area contributed by atoms with Gasteiger partial charge in [0.25, 0.3) is 6.29 Å². The van der Waals surface area contributed by atoms with Crippen molar-refractivity contribution in [1.29, 1.82) is 0 Å². The summed E-state index contributed by atoms with van der Waals surface area (Å²) < 4.78 is 21.2. The van der Waals surface area contributed by atoms with Crippen LogP contribution in [0.5, 0.6) is 0 Å². The molecule has 0 amide bonds. The Balaban J connectivity index is 2.42. The third-order valence-corrected chi connectivity index (χ3v) is 5.35. The Bertz CT molecular complexity index is 606. The Morgan fingerprint density at radius 3 is 2.56 bits per heavy atom. The molecule has 9 heteroatoms. The van der Waals surface area contributed by atoms with Crippen LogP contribution in [0.3, 0.4) is 0 Å². The first-order valence-electron chi connectivity index (χ1n) is 8.79. The van der Waals surface area contributed by atoms with E-state index in [-0.39, 0.29) is 31.2 Å². The Labute approximate surface area is 163 Å². The maximum atomic E-state index is 12.2. The molecule has 0 aromatic heterocycles. The van der Waals surface area contributed by atoms with E-state index in [0.29, 0.717) is 5.57 Å². The van der Waals surface area contributed by atoms with Gasteiger partial charge < -0.3 is 29.2 Å². The van der Waals surface area contributed by atoms with Crippen LogP contribution in [-0.4, -0.2) is 65.3 Å². The van der Waals surface area contributed by atoms with Crippen molar-refractivity contribution in [3.05, 3.63) is 11.8 Å². The molecule has 0 spiro atoms. The second-order valence-electron chi connectivity index (χ2n) is 7.50. The average molecular weight is 407 g/mol. The van der Waals surface area contributed by atoms with Crippen LogP contribution in [-0.2, 0) is 28.5 Å². The molecular formula is C18H27ClO8.